The second-order valence-electron chi connectivity index (χ2n) is 5.59. The van der Waals surface area contributed by atoms with Gasteiger partial charge in [0.1, 0.15) is 11.5 Å². The van der Waals surface area contributed by atoms with Crippen molar-refractivity contribution in [1.29, 1.82) is 0 Å². The van der Waals surface area contributed by atoms with Crippen molar-refractivity contribution in [2.24, 2.45) is 0 Å². The normalized spacial score (nSPS) is 17.8. The first-order valence-electron chi connectivity index (χ1n) is 7.72. The monoisotopic (exact) mass is 326 g/mol. The molecule has 1 fully saturated rings. The number of benzene rings is 1. The minimum absolute atomic E-state index is 0.118. The standard InChI is InChI=1S/C18H18N2O4/c21-14-8-9-20(12-14)18(23)16(11-15-7-4-10-24-15)19-17(22)13-5-2-1-3-6-13/h1-7,10-11,14,21H,8-9,12H2,(H,19,22)/t14-/m1/s1. The first kappa shape index (κ1) is 16.0. The van der Waals surface area contributed by atoms with E-state index < -0.39 is 6.10 Å². The molecule has 3 rings (SSSR count). The quantitative estimate of drug-likeness (QED) is 0.837. The summed E-state index contributed by atoms with van der Waals surface area (Å²) in [7, 11) is 0. The minimum Gasteiger partial charge on any atom is -0.465 e. The highest BCUT2D eigenvalue weighted by Crippen LogP contribution is 2.15. The Morgan fingerprint density at radius 1 is 1.21 bits per heavy atom. The van der Waals surface area contributed by atoms with Crippen LogP contribution < -0.4 is 5.32 Å². The van der Waals surface area contributed by atoms with Gasteiger partial charge < -0.3 is 19.7 Å². The Hall–Kier alpha value is -2.86. The number of rotatable bonds is 4. The zero-order chi connectivity index (χ0) is 16.9. The van der Waals surface area contributed by atoms with Gasteiger partial charge in [-0.1, -0.05) is 18.2 Å². The zero-order valence-corrected chi connectivity index (χ0v) is 13.0. The topological polar surface area (TPSA) is 82.8 Å². The average molecular weight is 326 g/mol. The van der Waals surface area contributed by atoms with Gasteiger partial charge in [0.2, 0.25) is 0 Å². The number of aliphatic hydroxyl groups excluding tert-OH is 1. The summed E-state index contributed by atoms with van der Waals surface area (Å²) >= 11 is 0. The molecule has 0 saturated carbocycles. The Balaban J connectivity index is 1.82. The fourth-order valence-corrected chi connectivity index (χ4v) is 2.55. The lowest BCUT2D eigenvalue weighted by molar-refractivity contribution is -0.126. The molecule has 24 heavy (non-hydrogen) atoms. The van der Waals surface area contributed by atoms with Crippen LogP contribution in [-0.4, -0.2) is 41.0 Å². The molecule has 2 amide bonds. The van der Waals surface area contributed by atoms with Crippen LogP contribution in [0.25, 0.3) is 6.08 Å². The second kappa shape index (κ2) is 7.14. The first-order chi connectivity index (χ1) is 11.6. The van der Waals surface area contributed by atoms with Crippen molar-refractivity contribution >= 4 is 17.9 Å². The number of furan rings is 1. The van der Waals surface area contributed by atoms with Gasteiger partial charge >= 0.3 is 0 Å². The molecule has 0 bridgehead atoms. The number of hydrogen-bond acceptors (Lipinski definition) is 4. The molecule has 124 valence electrons. The summed E-state index contributed by atoms with van der Waals surface area (Å²) in [5.74, 6) is -0.250. The second-order valence-corrected chi connectivity index (χ2v) is 5.59. The summed E-state index contributed by atoms with van der Waals surface area (Å²) in [6.07, 6.45) is 3.00. The van der Waals surface area contributed by atoms with E-state index in [1.807, 2.05) is 6.07 Å². The third-order valence-electron chi connectivity index (χ3n) is 3.79. The van der Waals surface area contributed by atoms with E-state index in [0.29, 0.717) is 24.3 Å². The van der Waals surface area contributed by atoms with Gasteiger partial charge in [-0.05, 0) is 30.7 Å². The fourth-order valence-electron chi connectivity index (χ4n) is 2.55. The number of carbonyl (C=O) groups excluding carboxylic acids is 2. The Kier molecular flexibility index (Phi) is 4.77. The van der Waals surface area contributed by atoms with Gasteiger partial charge in [0.15, 0.2) is 0 Å². The molecule has 6 heteroatoms. The number of nitrogens with one attached hydrogen (secondary N) is 1. The number of likely N-dealkylation sites (tertiary alicyclic amines) is 1. The lowest BCUT2D eigenvalue weighted by Gasteiger charge is -2.18. The average Bonchev–Trinajstić information content (AvgIpc) is 3.26. The van der Waals surface area contributed by atoms with Gasteiger partial charge in [0, 0.05) is 24.7 Å². The molecule has 1 atom stereocenters. The molecular weight excluding hydrogens is 308 g/mol. The smallest absolute Gasteiger partial charge is 0.270 e. The van der Waals surface area contributed by atoms with E-state index in [1.54, 1.807) is 36.4 Å². The highest BCUT2D eigenvalue weighted by molar-refractivity contribution is 6.05. The van der Waals surface area contributed by atoms with Crippen molar-refractivity contribution in [1.82, 2.24) is 10.2 Å². The van der Waals surface area contributed by atoms with Gasteiger partial charge in [-0.2, -0.15) is 0 Å². The Bertz CT molecular complexity index is 738. The maximum Gasteiger partial charge on any atom is 0.270 e. The van der Waals surface area contributed by atoms with Crippen LogP contribution in [0.15, 0.2) is 58.8 Å². The van der Waals surface area contributed by atoms with Crippen LogP contribution >= 0.6 is 0 Å². The summed E-state index contributed by atoms with van der Waals surface area (Å²) in [5, 5.41) is 12.3. The van der Waals surface area contributed by atoms with Gasteiger partial charge in [0.25, 0.3) is 11.8 Å². The third-order valence-corrected chi connectivity index (χ3v) is 3.79. The van der Waals surface area contributed by atoms with Crippen LogP contribution in [0.2, 0.25) is 0 Å². The summed E-state index contributed by atoms with van der Waals surface area (Å²) in [5.41, 5.74) is 0.574. The number of amides is 2. The minimum atomic E-state index is -0.524. The Morgan fingerprint density at radius 3 is 2.62 bits per heavy atom. The van der Waals surface area contributed by atoms with Crippen LogP contribution in [0.1, 0.15) is 22.5 Å². The fraction of sp³-hybridized carbons (Fsp3) is 0.222. The molecule has 2 heterocycles. The SMILES string of the molecule is O=C(NC(=Cc1ccco1)C(=O)N1CC[C@@H](O)C1)c1ccccc1. The molecule has 0 spiro atoms. The number of carbonyl (C=O) groups is 2. The number of aliphatic hydroxyl groups is 1. The van der Waals surface area contributed by atoms with Crippen LogP contribution in [0.5, 0.6) is 0 Å². The highest BCUT2D eigenvalue weighted by atomic mass is 16.3. The summed E-state index contributed by atoms with van der Waals surface area (Å²) in [6.45, 7) is 0.715. The molecule has 0 aliphatic carbocycles. The predicted octanol–water partition coefficient (Wildman–Crippen LogP) is 1.64. The van der Waals surface area contributed by atoms with E-state index in [0.717, 1.165) is 0 Å². The predicted molar refractivity (Wildman–Crippen MR) is 87.8 cm³/mol. The van der Waals surface area contributed by atoms with Crippen LogP contribution in [0, 0.1) is 0 Å². The van der Waals surface area contributed by atoms with E-state index in [9.17, 15) is 14.7 Å². The molecule has 6 nitrogen and oxygen atoms in total. The van der Waals surface area contributed by atoms with Crippen LogP contribution in [0.4, 0.5) is 0 Å². The van der Waals surface area contributed by atoms with Gasteiger partial charge in [-0.15, -0.1) is 0 Å². The van der Waals surface area contributed by atoms with Crippen molar-refractivity contribution in [2.45, 2.75) is 12.5 Å². The van der Waals surface area contributed by atoms with Gasteiger partial charge in [0.05, 0.1) is 12.4 Å². The van der Waals surface area contributed by atoms with E-state index >= 15 is 0 Å². The molecule has 2 aromatic rings. The van der Waals surface area contributed by atoms with Crippen molar-refractivity contribution in [3.8, 4) is 0 Å². The molecule has 1 aliphatic heterocycles. The summed E-state index contributed by atoms with van der Waals surface area (Å²) in [4.78, 5) is 26.6. The number of hydrogen-bond donors (Lipinski definition) is 2. The van der Waals surface area contributed by atoms with Crippen LogP contribution in [0.3, 0.4) is 0 Å². The lowest BCUT2D eigenvalue weighted by Crippen LogP contribution is -2.37. The Labute approximate surface area is 139 Å². The van der Waals surface area contributed by atoms with Gasteiger partial charge in [-0.25, -0.2) is 0 Å². The molecule has 2 N–H and O–H groups in total. The summed E-state index contributed by atoms with van der Waals surface area (Å²) < 4.78 is 5.24. The van der Waals surface area contributed by atoms with E-state index in [4.69, 9.17) is 4.42 Å². The molecule has 0 unspecified atom stereocenters. The molecular formula is C18H18N2O4. The maximum absolute atomic E-state index is 12.7. The first-order valence-corrected chi connectivity index (χ1v) is 7.72. The van der Waals surface area contributed by atoms with Crippen molar-refractivity contribution in [2.75, 3.05) is 13.1 Å². The molecule has 1 aromatic carbocycles. The molecule has 1 aliphatic rings. The largest absolute Gasteiger partial charge is 0.465 e. The summed E-state index contributed by atoms with van der Waals surface area (Å²) in [6, 6.07) is 12.1. The van der Waals surface area contributed by atoms with Crippen molar-refractivity contribution in [3.05, 3.63) is 65.7 Å². The van der Waals surface area contributed by atoms with E-state index in [1.165, 1.54) is 17.2 Å². The molecule has 1 saturated heterocycles. The van der Waals surface area contributed by atoms with E-state index in [-0.39, 0.29) is 24.1 Å². The van der Waals surface area contributed by atoms with Crippen LogP contribution in [-0.2, 0) is 4.79 Å². The number of β-amino-alcohol motifs (C(OH)–C–C–N with tert-alkyl or cyclic N) is 1. The third kappa shape index (κ3) is 3.72. The lowest BCUT2D eigenvalue weighted by atomic mass is 10.2. The van der Waals surface area contributed by atoms with Gasteiger partial charge in [-0.3, -0.25) is 9.59 Å². The van der Waals surface area contributed by atoms with Crippen molar-refractivity contribution < 1.29 is 19.1 Å². The Morgan fingerprint density at radius 2 is 2.00 bits per heavy atom. The van der Waals surface area contributed by atoms with E-state index in [2.05, 4.69) is 5.32 Å². The van der Waals surface area contributed by atoms with Crippen molar-refractivity contribution in [3.63, 3.8) is 0 Å². The number of nitrogens with zero attached hydrogens (tertiary/aromatic N) is 1. The zero-order valence-electron chi connectivity index (χ0n) is 13.0. The maximum atomic E-state index is 12.7. The molecule has 1 aromatic heterocycles. The highest BCUT2D eigenvalue weighted by Gasteiger charge is 2.27. The molecule has 0 radical (unpaired) electrons.